The Morgan fingerprint density at radius 2 is 1.79 bits per heavy atom. The van der Waals surface area contributed by atoms with E-state index in [4.69, 9.17) is 0 Å². The summed E-state index contributed by atoms with van der Waals surface area (Å²) in [6, 6.07) is 12.4. The monoisotopic (exact) mass is 391 g/mol. The van der Waals surface area contributed by atoms with Crippen molar-refractivity contribution in [2.75, 3.05) is 18.9 Å². The first-order valence-corrected chi connectivity index (χ1v) is 8.21. The number of aromatic amines is 1. The van der Waals surface area contributed by atoms with Crippen LogP contribution in [0.2, 0.25) is 0 Å². The third kappa shape index (κ3) is 4.43. The fraction of sp³-hybridized carbons (Fsp3) is 0.158. The number of amides is 2. The molecule has 0 saturated carbocycles. The predicted molar refractivity (Wildman–Crippen MR) is 97.0 cm³/mol. The number of rotatable bonds is 5. The van der Waals surface area contributed by atoms with Crippen molar-refractivity contribution in [3.63, 3.8) is 0 Å². The van der Waals surface area contributed by atoms with E-state index < -0.39 is 23.9 Å². The zero-order valence-electron chi connectivity index (χ0n) is 14.7. The number of fused-ring (bicyclic) bond motifs is 1. The highest BCUT2D eigenvalue weighted by molar-refractivity contribution is 6.08. The number of alkyl halides is 3. The second-order valence-electron chi connectivity index (χ2n) is 6.00. The van der Waals surface area contributed by atoms with Gasteiger partial charge in [0.2, 0.25) is 5.91 Å². The molecule has 1 heterocycles. The molecular weight excluding hydrogens is 375 g/mol. The lowest BCUT2D eigenvalue weighted by Crippen LogP contribution is -2.35. The molecular formula is C19H16F3N3O3. The average molecular weight is 391 g/mol. The van der Waals surface area contributed by atoms with Gasteiger partial charge in [-0.05, 0) is 18.2 Å². The van der Waals surface area contributed by atoms with Crippen LogP contribution in [-0.2, 0) is 4.79 Å². The molecule has 2 N–H and O–H groups in total. The van der Waals surface area contributed by atoms with Crippen molar-refractivity contribution in [1.82, 2.24) is 9.88 Å². The van der Waals surface area contributed by atoms with Crippen molar-refractivity contribution in [1.29, 1.82) is 0 Å². The highest BCUT2D eigenvalue weighted by atomic mass is 19.4. The zero-order chi connectivity index (χ0) is 20.3. The van der Waals surface area contributed by atoms with E-state index in [2.05, 4.69) is 15.0 Å². The minimum Gasteiger partial charge on any atom is -0.404 e. The van der Waals surface area contributed by atoms with Crippen LogP contribution in [0.4, 0.5) is 18.9 Å². The maximum absolute atomic E-state index is 12.6. The van der Waals surface area contributed by atoms with Gasteiger partial charge < -0.3 is 19.9 Å². The fourth-order valence-electron chi connectivity index (χ4n) is 2.71. The van der Waals surface area contributed by atoms with Crippen molar-refractivity contribution < 1.29 is 27.5 Å². The lowest BCUT2D eigenvalue weighted by atomic mass is 10.1. The van der Waals surface area contributed by atoms with Gasteiger partial charge in [-0.2, -0.15) is 0 Å². The maximum atomic E-state index is 12.6. The predicted octanol–water partition coefficient (Wildman–Crippen LogP) is 3.78. The molecule has 0 saturated heterocycles. The number of hydrogen-bond donors (Lipinski definition) is 2. The smallest absolute Gasteiger partial charge is 0.404 e. The normalized spacial score (nSPS) is 11.3. The van der Waals surface area contributed by atoms with Crippen LogP contribution in [0.3, 0.4) is 0 Å². The van der Waals surface area contributed by atoms with Gasteiger partial charge in [0, 0.05) is 24.1 Å². The van der Waals surface area contributed by atoms with Gasteiger partial charge in [0.25, 0.3) is 5.91 Å². The molecule has 0 spiro atoms. The van der Waals surface area contributed by atoms with Crippen molar-refractivity contribution in [3.05, 3.63) is 60.3 Å². The molecule has 0 aliphatic carbocycles. The van der Waals surface area contributed by atoms with Crippen LogP contribution in [0.1, 0.15) is 10.4 Å². The number of hydrogen-bond acceptors (Lipinski definition) is 3. The summed E-state index contributed by atoms with van der Waals surface area (Å²) >= 11 is 0. The summed E-state index contributed by atoms with van der Waals surface area (Å²) in [5.74, 6) is -1.59. The number of ether oxygens (including phenoxy) is 1. The molecule has 3 rings (SSSR count). The van der Waals surface area contributed by atoms with Crippen LogP contribution in [0, 0.1) is 0 Å². The Balaban J connectivity index is 1.69. The summed E-state index contributed by atoms with van der Waals surface area (Å²) in [6.07, 6.45) is -3.34. The maximum Gasteiger partial charge on any atom is 0.573 e. The number of carbonyl (C=O) groups excluding carboxylic acids is 2. The molecule has 3 aromatic rings. The average Bonchev–Trinajstić information content (AvgIpc) is 3.05. The molecule has 0 bridgehead atoms. The van der Waals surface area contributed by atoms with Crippen LogP contribution in [-0.4, -0.2) is 41.7 Å². The van der Waals surface area contributed by atoms with Gasteiger partial charge >= 0.3 is 6.36 Å². The van der Waals surface area contributed by atoms with Crippen molar-refractivity contribution in [2.45, 2.75) is 6.36 Å². The molecule has 1 aromatic heterocycles. The number of para-hydroxylation sites is 3. The Kier molecular flexibility index (Phi) is 5.25. The molecule has 28 heavy (non-hydrogen) atoms. The first-order chi connectivity index (χ1) is 13.2. The molecule has 2 amide bonds. The zero-order valence-corrected chi connectivity index (χ0v) is 14.7. The molecule has 9 heteroatoms. The summed E-state index contributed by atoms with van der Waals surface area (Å²) in [7, 11) is 1.43. The first kappa shape index (κ1) is 19.3. The van der Waals surface area contributed by atoms with Crippen LogP contribution in [0.15, 0.2) is 54.7 Å². The number of likely N-dealkylation sites (N-methyl/N-ethyl adjacent to an activating group) is 1. The van der Waals surface area contributed by atoms with Crippen LogP contribution in [0.5, 0.6) is 5.75 Å². The Bertz CT molecular complexity index is 1010. The summed E-state index contributed by atoms with van der Waals surface area (Å²) in [4.78, 5) is 29.0. The van der Waals surface area contributed by atoms with Gasteiger partial charge in [0.1, 0.15) is 0 Å². The molecule has 0 aliphatic rings. The van der Waals surface area contributed by atoms with Crippen molar-refractivity contribution in [3.8, 4) is 5.75 Å². The van der Waals surface area contributed by atoms with E-state index in [0.29, 0.717) is 10.9 Å². The Morgan fingerprint density at radius 1 is 1.11 bits per heavy atom. The van der Waals surface area contributed by atoms with Gasteiger partial charge in [0.15, 0.2) is 5.75 Å². The quantitative estimate of drug-likeness (QED) is 0.695. The summed E-state index contributed by atoms with van der Waals surface area (Å²) in [5.41, 5.74) is 1.03. The molecule has 0 unspecified atom stereocenters. The number of aromatic nitrogens is 1. The summed E-state index contributed by atoms with van der Waals surface area (Å²) in [6.45, 7) is -0.349. The fourth-order valence-corrected chi connectivity index (χ4v) is 2.71. The van der Waals surface area contributed by atoms with E-state index in [1.807, 2.05) is 12.1 Å². The summed E-state index contributed by atoms with van der Waals surface area (Å²) in [5, 5.41) is 3.05. The highest BCUT2D eigenvalue weighted by Gasteiger charge is 2.32. The second kappa shape index (κ2) is 7.63. The van der Waals surface area contributed by atoms with Gasteiger partial charge in [0.05, 0.1) is 17.8 Å². The number of halogens is 3. The van der Waals surface area contributed by atoms with Crippen LogP contribution >= 0.6 is 0 Å². The number of benzene rings is 2. The first-order valence-electron chi connectivity index (χ1n) is 8.21. The number of carbonyl (C=O) groups is 2. The molecule has 146 valence electrons. The van der Waals surface area contributed by atoms with Crippen molar-refractivity contribution >= 4 is 28.4 Å². The van der Waals surface area contributed by atoms with E-state index in [-0.39, 0.29) is 12.2 Å². The second-order valence-corrected chi connectivity index (χ2v) is 6.00. The van der Waals surface area contributed by atoms with Crippen LogP contribution < -0.4 is 10.1 Å². The third-order valence-corrected chi connectivity index (χ3v) is 3.93. The van der Waals surface area contributed by atoms with Gasteiger partial charge in [-0.15, -0.1) is 13.2 Å². The van der Waals surface area contributed by atoms with Crippen molar-refractivity contribution in [2.24, 2.45) is 0 Å². The molecule has 2 aromatic carbocycles. The van der Waals surface area contributed by atoms with E-state index >= 15 is 0 Å². The number of nitrogens with zero attached hydrogens (tertiary/aromatic N) is 1. The number of H-pyrrole nitrogens is 1. The highest BCUT2D eigenvalue weighted by Crippen LogP contribution is 2.29. The minimum atomic E-state index is -4.89. The lowest BCUT2D eigenvalue weighted by Gasteiger charge is -2.18. The largest absolute Gasteiger partial charge is 0.573 e. The Labute approximate surface area is 157 Å². The van der Waals surface area contributed by atoms with E-state index in [9.17, 15) is 22.8 Å². The van der Waals surface area contributed by atoms with E-state index in [1.54, 1.807) is 18.3 Å². The minimum absolute atomic E-state index is 0.141. The molecule has 0 atom stereocenters. The summed E-state index contributed by atoms with van der Waals surface area (Å²) < 4.78 is 41.3. The number of anilines is 1. The Morgan fingerprint density at radius 3 is 2.54 bits per heavy atom. The lowest BCUT2D eigenvalue weighted by molar-refractivity contribution is -0.274. The molecule has 0 radical (unpaired) electrons. The molecule has 6 nitrogen and oxygen atoms in total. The molecule has 0 aliphatic heterocycles. The van der Waals surface area contributed by atoms with Gasteiger partial charge in [-0.1, -0.05) is 30.3 Å². The third-order valence-electron chi connectivity index (χ3n) is 3.93. The standard InChI is InChI=1S/C19H16F3N3O3/c1-25(18(27)13-10-23-14-7-3-2-6-12(13)14)11-17(26)24-15-8-4-5-9-16(15)28-19(20,21)22/h2-10,23H,11H2,1H3,(H,24,26). The van der Waals surface area contributed by atoms with E-state index in [1.165, 1.54) is 30.1 Å². The Hall–Kier alpha value is -3.49. The van der Waals surface area contributed by atoms with E-state index in [0.717, 1.165) is 11.6 Å². The molecule has 0 fully saturated rings. The van der Waals surface area contributed by atoms with Gasteiger partial charge in [-0.3, -0.25) is 9.59 Å². The SMILES string of the molecule is CN(CC(=O)Nc1ccccc1OC(F)(F)F)C(=O)c1c[nH]c2ccccc12. The van der Waals surface area contributed by atoms with Gasteiger partial charge in [-0.25, -0.2) is 0 Å². The topological polar surface area (TPSA) is 74.4 Å². The number of nitrogens with one attached hydrogen (secondary N) is 2. The van der Waals surface area contributed by atoms with Crippen LogP contribution in [0.25, 0.3) is 10.9 Å².